The Kier molecular flexibility index (Phi) is 3.68. The van der Waals surface area contributed by atoms with Gasteiger partial charge in [-0.05, 0) is 19.1 Å². The summed E-state index contributed by atoms with van der Waals surface area (Å²) in [6, 6.07) is 6.41. The van der Waals surface area contributed by atoms with Crippen LogP contribution in [0.15, 0.2) is 36.5 Å². The highest BCUT2D eigenvalue weighted by Gasteiger charge is 2.20. The Morgan fingerprint density at radius 1 is 1.44 bits per heavy atom. The molecule has 4 heteroatoms. The molecule has 0 aliphatic carbocycles. The van der Waals surface area contributed by atoms with Gasteiger partial charge in [-0.25, -0.2) is 0 Å². The van der Waals surface area contributed by atoms with Gasteiger partial charge in [0.2, 0.25) is 5.91 Å². The molecule has 0 aliphatic heterocycles. The molecule has 0 bridgehead atoms. The molecule has 1 atom stereocenters. The lowest BCUT2D eigenvalue weighted by molar-refractivity contribution is -0.116. The molecule has 0 aromatic heterocycles. The molecule has 4 nitrogen and oxygen atoms in total. The zero-order valence-corrected chi connectivity index (χ0v) is 9.34. The molecule has 0 radical (unpaired) electrons. The van der Waals surface area contributed by atoms with Gasteiger partial charge < -0.3 is 10.2 Å². The third-order valence-electron chi connectivity index (χ3n) is 2.21. The maximum absolute atomic E-state index is 11.5. The SMILES string of the molecule is C=C(C(C)O)N(C(C)=O)c1ccccc1O. The number of aromatic hydroxyl groups is 1. The highest BCUT2D eigenvalue weighted by Crippen LogP contribution is 2.29. The summed E-state index contributed by atoms with van der Waals surface area (Å²) in [7, 11) is 0. The number of hydrogen-bond acceptors (Lipinski definition) is 3. The van der Waals surface area contributed by atoms with Gasteiger partial charge in [-0.3, -0.25) is 9.69 Å². The topological polar surface area (TPSA) is 60.8 Å². The third kappa shape index (κ3) is 2.41. The lowest BCUT2D eigenvalue weighted by atomic mass is 10.2. The van der Waals surface area contributed by atoms with E-state index in [9.17, 15) is 15.0 Å². The van der Waals surface area contributed by atoms with Gasteiger partial charge in [0.25, 0.3) is 0 Å². The summed E-state index contributed by atoms with van der Waals surface area (Å²) in [6.07, 6.45) is -0.858. The monoisotopic (exact) mass is 221 g/mol. The fraction of sp³-hybridized carbons (Fsp3) is 0.250. The van der Waals surface area contributed by atoms with Crippen molar-refractivity contribution in [3.05, 3.63) is 36.5 Å². The minimum absolute atomic E-state index is 0.0282. The highest BCUT2D eigenvalue weighted by molar-refractivity contribution is 5.96. The number of anilines is 1. The van der Waals surface area contributed by atoms with Crippen molar-refractivity contribution in [2.75, 3.05) is 4.90 Å². The summed E-state index contributed by atoms with van der Waals surface area (Å²) in [5.74, 6) is -0.341. The van der Waals surface area contributed by atoms with Crippen molar-refractivity contribution in [2.45, 2.75) is 20.0 Å². The van der Waals surface area contributed by atoms with Crippen LogP contribution in [0.3, 0.4) is 0 Å². The molecule has 0 heterocycles. The number of hydrogen-bond donors (Lipinski definition) is 2. The first-order chi connectivity index (χ1) is 7.45. The van der Waals surface area contributed by atoms with Gasteiger partial charge in [0.05, 0.1) is 11.8 Å². The van der Waals surface area contributed by atoms with Gasteiger partial charge in [-0.15, -0.1) is 0 Å². The van der Waals surface area contributed by atoms with E-state index in [-0.39, 0.29) is 17.4 Å². The van der Waals surface area contributed by atoms with E-state index in [1.165, 1.54) is 24.8 Å². The number of para-hydroxylation sites is 2. The Morgan fingerprint density at radius 3 is 2.44 bits per heavy atom. The van der Waals surface area contributed by atoms with E-state index in [4.69, 9.17) is 0 Å². The first-order valence-electron chi connectivity index (χ1n) is 4.90. The Labute approximate surface area is 94.4 Å². The fourth-order valence-corrected chi connectivity index (χ4v) is 1.37. The molecule has 0 saturated heterocycles. The molecule has 1 aromatic carbocycles. The van der Waals surface area contributed by atoms with Crippen LogP contribution in [0.1, 0.15) is 13.8 Å². The Hall–Kier alpha value is -1.81. The van der Waals surface area contributed by atoms with Crippen LogP contribution in [0.25, 0.3) is 0 Å². The second-order valence-corrected chi connectivity index (χ2v) is 3.51. The molecule has 0 saturated carbocycles. The van der Waals surface area contributed by atoms with Gasteiger partial charge in [0, 0.05) is 12.6 Å². The van der Waals surface area contributed by atoms with Gasteiger partial charge in [-0.1, -0.05) is 18.7 Å². The molecule has 16 heavy (non-hydrogen) atoms. The first-order valence-corrected chi connectivity index (χ1v) is 4.90. The predicted octanol–water partition coefficient (Wildman–Crippen LogP) is 1.64. The summed E-state index contributed by atoms with van der Waals surface area (Å²) in [5.41, 5.74) is 0.551. The summed E-state index contributed by atoms with van der Waals surface area (Å²) < 4.78 is 0. The normalized spacial score (nSPS) is 11.9. The average Bonchev–Trinajstić information content (AvgIpc) is 2.20. The van der Waals surface area contributed by atoms with E-state index in [0.29, 0.717) is 5.69 Å². The van der Waals surface area contributed by atoms with Gasteiger partial charge >= 0.3 is 0 Å². The molecule has 86 valence electrons. The van der Waals surface area contributed by atoms with Crippen LogP contribution < -0.4 is 4.90 Å². The Morgan fingerprint density at radius 2 is 2.00 bits per heavy atom. The number of aliphatic hydroxyl groups is 1. The van der Waals surface area contributed by atoms with Crippen LogP contribution in [0.4, 0.5) is 5.69 Å². The zero-order chi connectivity index (χ0) is 12.3. The summed E-state index contributed by atoms with van der Waals surface area (Å²) in [4.78, 5) is 12.7. The number of carbonyl (C=O) groups is 1. The Balaban J connectivity index is 3.19. The number of aliphatic hydroxyl groups excluding tert-OH is 1. The average molecular weight is 221 g/mol. The minimum Gasteiger partial charge on any atom is -0.506 e. The van der Waals surface area contributed by atoms with Crippen LogP contribution in [0, 0.1) is 0 Å². The minimum atomic E-state index is -0.858. The van der Waals surface area contributed by atoms with E-state index in [1.807, 2.05) is 0 Å². The van der Waals surface area contributed by atoms with Crippen molar-refractivity contribution in [3.63, 3.8) is 0 Å². The number of phenols is 1. The maximum Gasteiger partial charge on any atom is 0.228 e. The van der Waals surface area contributed by atoms with Crippen molar-refractivity contribution in [2.24, 2.45) is 0 Å². The predicted molar refractivity (Wildman–Crippen MR) is 62.1 cm³/mol. The molecular weight excluding hydrogens is 206 g/mol. The number of rotatable bonds is 3. The zero-order valence-electron chi connectivity index (χ0n) is 9.34. The van der Waals surface area contributed by atoms with Crippen LogP contribution in [-0.4, -0.2) is 22.2 Å². The summed E-state index contributed by atoms with van der Waals surface area (Å²) >= 11 is 0. The number of carbonyl (C=O) groups excluding carboxylic acids is 1. The van der Waals surface area contributed by atoms with Crippen LogP contribution in [0.2, 0.25) is 0 Å². The number of amides is 1. The lowest BCUT2D eigenvalue weighted by Crippen LogP contribution is -2.32. The van der Waals surface area contributed by atoms with Crippen molar-refractivity contribution < 1.29 is 15.0 Å². The standard InChI is InChI=1S/C12H15NO3/c1-8(9(2)14)13(10(3)15)11-6-4-5-7-12(11)16/h4-7,9,14,16H,1H2,2-3H3. The molecule has 0 spiro atoms. The van der Waals surface area contributed by atoms with Crippen LogP contribution in [-0.2, 0) is 4.79 Å². The number of phenolic OH excluding ortho intramolecular Hbond substituents is 1. The van der Waals surface area contributed by atoms with E-state index in [2.05, 4.69) is 6.58 Å². The van der Waals surface area contributed by atoms with Crippen molar-refractivity contribution in [3.8, 4) is 5.75 Å². The van der Waals surface area contributed by atoms with Crippen LogP contribution in [0.5, 0.6) is 5.75 Å². The van der Waals surface area contributed by atoms with Crippen LogP contribution >= 0.6 is 0 Å². The van der Waals surface area contributed by atoms with Crippen molar-refractivity contribution in [1.82, 2.24) is 0 Å². The molecular formula is C12H15NO3. The largest absolute Gasteiger partial charge is 0.506 e. The molecule has 0 fully saturated rings. The van der Waals surface area contributed by atoms with Gasteiger partial charge in [0.1, 0.15) is 5.75 Å². The second kappa shape index (κ2) is 4.81. The van der Waals surface area contributed by atoms with Gasteiger partial charge in [-0.2, -0.15) is 0 Å². The highest BCUT2D eigenvalue weighted by atomic mass is 16.3. The molecule has 1 amide bonds. The third-order valence-corrected chi connectivity index (χ3v) is 2.21. The molecule has 0 aliphatic rings. The molecule has 1 aromatic rings. The molecule has 1 rings (SSSR count). The smallest absolute Gasteiger partial charge is 0.228 e. The number of benzene rings is 1. The second-order valence-electron chi connectivity index (χ2n) is 3.51. The number of nitrogens with zero attached hydrogens (tertiary/aromatic N) is 1. The van der Waals surface area contributed by atoms with Gasteiger partial charge in [0.15, 0.2) is 0 Å². The van der Waals surface area contributed by atoms with E-state index >= 15 is 0 Å². The van der Waals surface area contributed by atoms with E-state index in [1.54, 1.807) is 18.2 Å². The Bertz CT molecular complexity index is 412. The summed E-state index contributed by atoms with van der Waals surface area (Å²) in [6.45, 7) is 6.50. The van der Waals surface area contributed by atoms with E-state index in [0.717, 1.165) is 0 Å². The molecule has 2 N–H and O–H groups in total. The van der Waals surface area contributed by atoms with Crippen molar-refractivity contribution >= 4 is 11.6 Å². The maximum atomic E-state index is 11.5. The lowest BCUT2D eigenvalue weighted by Gasteiger charge is -2.25. The summed E-state index contributed by atoms with van der Waals surface area (Å²) in [5, 5.41) is 19.1. The van der Waals surface area contributed by atoms with E-state index < -0.39 is 6.10 Å². The fourth-order valence-electron chi connectivity index (χ4n) is 1.37. The first kappa shape index (κ1) is 12.3. The quantitative estimate of drug-likeness (QED) is 0.815. The van der Waals surface area contributed by atoms with Crippen molar-refractivity contribution in [1.29, 1.82) is 0 Å². The molecule has 1 unspecified atom stereocenters.